The summed E-state index contributed by atoms with van der Waals surface area (Å²) in [5.74, 6) is -0.187. The van der Waals surface area contributed by atoms with Gasteiger partial charge >= 0.3 is 6.03 Å². The summed E-state index contributed by atoms with van der Waals surface area (Å²) in [6.07, 6.45) is 0.120. The number of nitrogens with one attached hydrogen (secondary N) is 2. The number of anilines is 1. The normalized spacial score (nSPS) is 11.7. The number of carbonyl (C=O) groups is 2. The zero-order chi connectivity index (χ0) is 16.1. The lowest BCUT2D eigenvalue weighted by Crippen LogP contribution is -2.34. The second-order valence-corrected chi connectivity index (χ2v) is 6.68. The van der Waals surface area contributed by atoms with Crippen LogP contribution in [0.1, 0.15) is 22.9 Å². The second-order valence-electron chi connectivity index (χ2n) is 4.79. The molecule has 7 heteroatoms. The standard InChI is InChI=1S/C15H16BrN3O2S/c1-9-4-5-10(16)7-11(9)18-14(20)8-12(19-15(17)21)13-3-2-6-22-13/h2-7,12H,8H2,1H3,(H,18,20)(H3,17,19,21). The zero-order valence-corrected chi connectivity index (χ0v) is 14.3. The summed E-state index contributed by atoms with van der Waals surface area (Å²) in [7, 11) is 0. The molecule has 0 bridgehead atoms. The van der Waals surface area contributed by atoms with Gasteiger partial charge < -0.3 is 16.4 Å². The third-order valence-corrected chi connectivity index (χ3v) is 4.55. The van der Waals surface area contributed by atoms with E-state index in [0.29, 0.717) is 0 Å². The molecule has 1 aromatic carbocycles. The van der Waals surface area contributed by atoms with Gasteiger partial charge in [-0.15, -0.1) is 11.3 Å². The number of amides is 3. The molecule has 0 aliphatic rings. The quantitative estimate of drug-likeness (QED) is 0.739. The molecule has 0 saturated heterocycles. The molecule has 22 heavy (non-hydrogen) atoms. The predicted molar refractivity (Wildman–Crippen MR) is 91.9 cm³/mol. The van der Waals surface area contributed by atoms with Crippen molar-refractivity contribution in [3.8, 4) is 0 Å². The molecule has 1 unspecified atom stereocenters. The van der Waals surface area contributed by atoms with E-state index in [-0.39, 0.29) is 12.3 Å². The lowest BCUT2D eigenvalue weighted by molar-refractivity contribution is -0.116. The fourth-order valence-electron chi connectivity index (χ4n) is 2.00. The molecule has 0 saturated carbocycles. The molecule has 0 fully saturated rings. The van der Waals surface area contributed by atoms with Crippen LogP contribution in [-0.2, 0) is 4.79 Å². The highest BCUT2D eigenvalue weighted by Gasteiger charge is 2.18. The molecule has 5 nitrogen and oxygen atoms in total. The van der Waals surface area contributed by atoms with Crippen molar-refractivity contribution < 1.29 is 9.59 Å². The summed E-state index contributed by atoms with van der Waals surface area (Å²) in [5, 5.41) is 7.35. The van der Waals surface area contributed by atoms with Gasteiger partial charge in [0.25, 0.3) is 0 Å². The second kappa shape index (κ2) is 7.42. The van der Waals surface area contributed by atoms with Crippen LogP contribution in [0.4, 0.5) is 10.5 Å². The number of rotatable bonds is 5. The van der Waals surface area contributed by atoms with E-state index >= 15 is 0 Å². The van der Waals surface area contributed by atoms with Gasteiger partial charge in [-0.1, -0.05) is 28.1 Å². The molecule has 1 aromatic heterocycles. The van der Waals surface area contributed by atoms with E-state index in [0.717, 1.165) is 20.6 Å². The van der Waals surface area contributed by atoms with Crippen LogP contribution in [0, 0.1) is 6.92 Å². The molecule has 116 valence electrons. The van der Waals surface area contributed by atoms with Gasteiger partial charge in [-0.25, -0.2) is 4.79 Å². The molecule has 0 radical (unpaired) electrons. The number of urea groups is 1. The Labute approximate surface area is 141 Å². The summed E-state index contributed by atoms with van der Waals surface area (Å²) in [6.45, 7) is 1.92. The minimum atomic E-state index is -0.648. The van der Waals surface area contributed by atoms with E-state index in [2.05, 4.69) is 26.6 Å². The smallest absolute Gasteiger partial charge is 0.312 e. The Balaban J connectivity index is 2.08. The number of hydrogen-bond acceptors (Lipinski definition) is 3. The Bertz CT molecular complexity index is 673. The van der Waals surface area contributed by atoms with Crippen LogP contribution < -0.4 is 16.4 Å². The first-order valence-corrected chi connectivity index (χ1v) is 8.28. The third kappa shape index (κ3) is 4.57. The van der Waals surface area contributed by atoms with Gasteiger partial charge in [0.05, 0.1) is 12.5 Å². The van der Waals surface area contributed by atoms with Crippen molar-refractivity contribution in [2.75, 3.05) is 5.32 Å². The van der Waals surface area contributed by atoms with Crippen LogP contribution >= 0.6 is 27.3 Å². The molecule has 1 atom stereocenters. The van der Waals surface area contributed by atoms with E-state index in [1.165, 1.54) is 11.3 Å². The van der Waals surface area contributed by atoms with Crippen molar-refractivity contribution in [2.24, 2.45) is 5.73 Å². The summed E-state index contributed by atoms with van der Waals surface area (Å²) in [4.78, 5) is 24.3. The van der Waals surface area contributed by atoms with Crippen molar-refractivity contribution in [3.63, 3.8) is 0 Å². The number of hydrogen-bond donors (Lipinski definition) is 3. The number of halogens is 1. The van der Waals surface area contributed by atoms with Crippen LogP contribution in [0.15, 0.2) is 40.2 Å². The topological polar surface area (TPSA) is 84.2 Å². The lowest BCUT2D eigenvalue weighted by atomic mass is 10.1. The van der Waals surface area contributed by atoms with Gasteiger partial charge in [0.1, 0.15) is 0 Å². The molecule has 2 rings (SSSR count). The molecular formula is C15H16BrN3O2S. The fraction of sp³-hybridized carbons (Fsp3) is 0.200. The summed E-state index contributed by atoms with van der Waals surface area (Å²) in [6, 6.07) is 8.32. The minimum Gasteiger partial charge on any atom is -0.352 e. The van der Waals surface area contributed by atoms with Crippen LogP contribution in [-0.4, -0.2) is 11.9 Å². The van der Waals surface area contributed by atoms with Gasteiger partial charge in [-0.2, -0.15) is 0 Å². The van der Waals surface area contributed by atoms with Crippen LogP contribution in [0.5, 0.6) is 0 Å². The van der Waals surface area contributed by atoms with E-state index in [1.807, 2.05) is 42.6 Å². The highest BCUT2D eigenvalue weighted by atomic mass is 79.9. The summed E-state index contributed by atoms with van der Waals surface area (Å²) < 4.78 is 0.887. The predicted octanol–water partition coefficient (Wildman–Crippen LogP) is 3.56. The summed E-state index contributed by atoms with van der Waals surface area (Å²) >= 11 is 4.85. The number of primary amides is 1. The fourth-order valence-corrected chi connectivity index (χ4v) is 3.14. The molecular weight excluding hydrogens is 366 g/mol. The van der Waals surface area contributed by atoms with Crippen molar-refractivity contribution in [3.05, 3.63) is 50.6 Å². The Morgan fingerprint density at radius 2 is 2.14 bits per heavy atom. The van der Waals surface area contributed by atoms with E-state index in [9.17, 15) is 9.59 Å². The van der Waals surface area contributed by atoms with Crippen LogP contribution in [0.3, 0.4) is 0 Å². The summed E-state index contributed by atoms with van der Waals surface area (Å²) in [5.41, 5.74) is 6.89. The number of nitrogens with two attached hydrogens (primary N) is 1. The maximum atomic E-state index is 12.2. The third-order valence-electron chi connectivity index (χ3n) is 3.07. The molecule has 0 aliphatic heterocycles. The first-order valence-electron chi connectivity index (χ1n) is 6.61. The Morgan fingerprint density at radius 3 is 2.77 bits per heavy atom. The van der Waals surface area contributed by atoms with Crippen molar-refractivity contribution in [1.82, 2.24) is 5.32 Å². The first-order chi connectivity index (χ1) is 10.5. The molecule has 4 N–H and O–H groups in total. The van der Waals surface area contributed by atoms with Gasteiger partial charge in [-0.3, -0.25) is 4.79 Å². The van der Waals surface area contributed by atoms with E-state index in [4.69, 9.17) is 5.73 Å². The van der Waals surface area contributed by atoms with Gasteiger partial charge in [0.2, 0.25) is 5.91 Å². The van der Waals surface area contributed by atoms with E-state index < -0.39 is 12.1 Å². The minimum absolute atomic E-state index is 0.120. The number of thiophene rings is 1. The zero-order valence-electron chi connectivity index (χ0n) is 11.9. The van der Waals surface area contributed by atoms with Crippen molar-refractivity contribution in [1.29, 1.82) is 0 Å². The highest BCUT2D eigenvalue weighted by molar-refractivity contribution is 9.10. The molecule has 3 amide bonds. The van der Waals surface area contributed by atoms with Crippen molar-refractivity contribution in [2.45, 2.75) is 19.4 Å². The Morgan fingerprint density at radius 1 is 1.36 bits per heavy atom. The monoisotopic (exact) mass is 381 g/mol. The largest absolute Gasteiger partial charge is 0.352 e. The maximum absolute atomic E-state index is 12.2. The van der Waals surface area contributed by atoms with Gasteiger partial charge in [-0.05, 0) is 36.1 Å². The average Bonchev–Trinajstić information content (AvgIpc) is 2.95. The average molecular weight is 382 g/mol. The Hall–Kier alpha value is -1.86. The SMILES string of the molecule is Cc1ccc(Br)cc1NC(=O)CC(NC(N)=O)c1cccs1. The molecule has 1 heterocycles. The van der Waals surface area contributed by atoms with Gasteiger partial charge in [0.15, 0.2) is 0 Å². The Kier molecular flexibility index (Phi) is 5.57. The molecule has 2 aromatic rings. The number of carbonyl (C=O) groups excluding carboxylic acids is 2. The molecule has 0 aliphatic carbocycles. The lowest BCUT2D eigenvalue weighted by Gasteiger charge is -2.16. The number of aryl methyl sites for hydroxylation is 1. The molecule has 0 spiro atoms. The highest BCUT2D eigenvalue weighted by Crippen LogP contribution is 2.24. The van der Waals surface area contributed by atoms with Crippen LogP contribution in [0.25, 0.3) is 0 Å². The maximum Gasteiger partial charge on any atom is 0.312 e. The van der Waals surface area contributed by atoms with Gasteiger partial charge in [0, 0.05) is 15.0 Å². The van der Waals surface area contributed by atoms with E-state index in [1.54, 1.807) is 0 Å². The first kappa shape index (κ1) is 16.5. The van der Waals surface area contributed by atoms with Crippen molar-refractivity contribution >= 4 is 44.9 Å². The van der Waals surface area contributed by atoms with Crippen LogP contribution in [0.2, 0.25) is 0 Å². The number of benzene rings is 1.